The van der Waals surface area contributed by atoms with Crippen LogP contribution in [0.3, 0.4) is 0 Å². The van der Waals surface area contributed by atoms with E-state index in [1.807, 2.05) is 74.5 Å². The normalized spacial score (nSPS) is 21.0. The maximum absolute atomic E-state index is 13.9. The van der Waals surface area contributed by atoms with Crippen LogP contribution in [0.1, 0.15) is 31.4 Å². The van der Waals surface area contributed by atoms with Crippen LogP contribution < -0.4 is 15.8 Å². The fourth-order valence-electron chi connectivity index (χ4n) is 5.69. The van der Waals surface area contributed by atoms with Gasteiger partial charge < -0.3 is 30.0 Å². The summed E-state index contributed by atoms with van der Waals surface area (Å²) in [5, 5.41) is 2.94. The van der Waals surface area contributed by atoms with Crippen molar-refractivity contribution in [2.75, 3.05) is 26.3 Å². The largest absolute Gasteiger partial charge is 0.489 e. The fraction of sp³-hybridized carbons (Fsp3) is 0.441. The van der Waals surface area contributed by atoms with Gasteiger partial charge in [0.15, 0.2) is 6.29 Å². The standard InChI is InChI=1S/C34H43N3O7S/c1-24(2)20-37(45(39,40)28-15-13-27(14-16-28)42-22-26-11-7-4-8-12-26)21-30(35)31(19-25-9-5-3-6-10-25)36-34(38)44-32-23-43-33-29(32)17-18-41-33/h3-16,24,29-33H,17-23,35H2,1-2H3,(H,36,38)/t29-,30+,31-,32-,33+/m0/s1. The van der Waals surface area contributed by atoms with Gasteiger partial charge in [-0.1, -0.05) is 74.5 Å². The fourth-order valence-corrected chi connectivity index (χ4v) is 7.33. The van der Waals surface area contributed by atoms with Gasteiger partial charge in [-0.3, -0.25) is 0 Å². The summed E-state index contributed by atoms with van der Waals surface area (Å²) in [6.07, 6.45) is -0.210. The number of hydrogen-bond donors (Lipinski definition) is 2. The first-order valence-electron chi connectivity index (χ1n) is 15.5. The third kappa shape index (κ3) is 8.83. The Labute approximate surface area is 265 Å². The van der Waals surface area contributed by atoms with E-state index in [0.717, 1.165) is 17.5 Å². The third-order valence-corrected chi connectivity index (χ3v) is 9.90. The Morgan fingerprint density at radius 3 is 2.29 bits per heavy atom. The molecule has 45 heavy (non-hydrogen) atoms. The van der Waals surface area contributed by atoms with Crippen molar-refractivity contribution in [3.63, 3.8) is 0 Å². The predicted molar refractivity (Wildman–Crippen MR) is 170 cm³/mol. The molecule has 11 heteroatoms. The molecule has 3 aromatic rings. The number of carbonyl (C=O) groups is 1. The van der Waals surface area contributed by atoms with E-state index in [9.17, 15) is 13.2 Å². The van der Waals surface area contributed by atoms with Gasteiger partial charge in [0.2, 0.25) is 10.0 Å². The number of nitrogens with zero attached hydrogens (tertiary/aromatic N) is 1. The Morgan fingerprint density at radius 1 is 0.956 bits per heavy atom. The molecule has 10 nitrogen and oxygen atoms in total. The summed E-state index contributed by atoms with van der Waals surface area (Å²) >= 11 is 0. The number of benzene rings is 3. The first kappa shape index (κ1) is 32.9. The van der Waals surface area contributed by atoms with E-state index in [4.69, 9.17) is 24.7 Å². The van der Waals surface area contributed by atoms with Crippen LogP contribution in [0.25, 0.3) is 0 Å². The zero-order valence-electron chi connectivity index (χ0n) is 25.8. The van der Waals surface area contributed by atoms with Gasteiger partial charge in [-0.15, -0.1) is 0 Å². The van der Waals surface area contributed by atoms with Gasteiger partial charge in [-0.25, -0.2) is 13.2 Å². The minimum Gasteiger partial charge on any atom is -0.489 e. The number of rotatable bonds is 14. The second-order valence-corrected chi connectivity index (χ2v) is 14.0. The molecule has 3 aromatic carbocycles. The molecular formula is C34H43N3O7S. The number of amides is 1. The molecule has 1 amide bonds. The summed E-state index contributed by atoms with van der Waals surface area (Å²) in [5.41, 5.74) is 8.71. The Hall–Kier alpha value is -3.48. The zero-order valence-corrected chi connectivity index (χ0v) is 26.6. The summed E-state index contributed by atoms with van der Waals surface area (Å²) in [7, 11) is -3.92. The molecule has 0 bridgehead atoms. The lowest BCUT2D eigenvalue weighted by Gasteiger charge is -2.31. The lowest BCUT2D eigenvalue weighted by molar-refractivity contribution is -0.0907. The van der Waals surface area contributed by atoms with E-state index in [-0.39, 0.29) is 42.7 Å². The second kappa shape index (κ2) is 15.2. The minimum atomic E-state index is -3.92. The summed E-state index contributed by atoms with van der Waals surface area (Å²) in [6, 6.07) is 24.5. The first-order chi connectivity index (χ1) is 21.7. The predicted octanol–water partition coefficient (Wildman–Crippen LogP) is 4.34. The van der Waals surface area contributed by atoms with Crippen LogP contribution in [-0.4, -0.2) is 69.6 Å². The Morgan fingerprint density at radius 2 is 1.62 bits per heavy atom. The highest BCUT2D eigenvalue weighted by Crippen LogP contribution is 2.33. The third-order valence-electron chi connectivity index (χ3n) is 8.06. The number of nitrogens with one attached hydrogen (secondary N) is 1. The molecule has 0 spiro atoms. The van der Waals surface area contributed by atoms with Gasteiger partial charge >= 0.3 is 6.09 Å². The SMILES string of the molecule is CC(C)CN(C[C@@H](N)[C@H](Cc1ccccc1)NC(=O)O[C@H]1CO[C@H]2OCC[C@H]21)S(=O)(=O)c1ccc(OCc2ccccc2)cc1. The Kier molecular flexibility index (Phi) is 11.1. The van der Waals surface area contributed by atoms with Gasteiger partial charge in [0.25, 0.3) is 0 Å². The lowest BCUT2D eigenvalue weighted by atomic mass is 9.99. The molecule has 0 aliphatic carbocycles. The molecule has 0 radical (unpaired) electrons. The molecule has 0 unspecified atom stereocenters. The molecule has 2 aliphatic rings. The molecular weight excluding hydrogens is 594 g/mol. The van der Waals surface area contributed by atoms with E-state index in [1.165, 1.54) is 4.31 Å². The highest BCUT2D eigenvalue weighted by atomic mass is 32.2. The van der Waals surface area contributed by atoms with Crippen LogP contribution in [0.4, 0.5) is 4.79 Å². The van der Waals surface area contributed by atoms with Crippen LogP contribution >= 0.6 is 0 Å². The highest BCUT2D eigenvalue weighted by molar-refractivity contribution is 7.89. The number of hydrogen-bond acceptors (Lipinski definition) is 8. The topological polar surface area (TPSA) is 129 Å². The van der Waals surface area contributed by atoms with Crippen LogP contribution in [0.15, 0.2) is 89.8 Å². The quantitative estimate of drug-likeness (QED) is 0.267. The Balaban J connectivity index is 1.28. The van der Waals surface area contributed by atoms with E-state index >= 15 is 0 Å². The van der Waals surface area contributed by atoms with Gasteiger partial charge in [0.1, 0.15) is 18.5 Å². The van der Waals surface area contributed by atoms with Crippen molar-refractivity contribution in [3.05, 3.63) is 96.1 Å². The minimum absolute atomic E-state index is 0.00111. The van der Waals surface area contributed by atoms with Crippen molar-refractivity contribution >= 4 is 16.1 Å². The van der Waals surface area contributed by atoms with Crippen molar-refractivity contribution in [1.82, 2.24) is 9.62 Å². The van der Waals surface area contributed by atoms with Crippen LogP contribution in [0.5, 0.6) is 5.75 Å². The molecule has 242 valence electrons. The van der Waals surface area contributed by atoms with Crippen molar-refractivity contribution in [2.45, 2.75) is 62.7 Å². The van der Waals surface area contributed by atoms with Crippen LogP contribution in [0.2, 0.25) is 0 Å². The van der Waals surface area contributed by atoms with E-state index in [0.29, 0.717) is 25.4 Å². The second-order valence-electron chi connectivity index (χ2n) is 12.0. The summed E-state index contributed by atoms with van der Waals surface area (Å²) in [5.74, 6) is 0.604. The molecule has 2 heterocycles. The maximum atomic E-state index is 13.9. The number of nitrogens with two attached hydrogens (primary N) is 1. The number of sulfonamides is 1. The van der Waals surface area contributed by atoms with Gasteiger partial charge in [0, 0.05) is 19.1 Å². The van der Waals surface area contributed by atoms with Gasteiger partial charge in [-0.05, 0) is 54.2 Å². The maximum Gasteiger partial charge on any atom is 0.407 e. The molecule has 0 aromatic heterocycles. The molecule has 2 fully saturated rings. The number of fused-ring (bicyclic) bond motifs is 1. The molecule has 5 atom stereocenters. The first-order valence-corrected chi connectivity index (χ1v) is 16.9. The number of ether oxygens (including phenoxy) is 4. The summed E-state index contributed by atoms with van der Waals surface area (Å²) < 4.78 is 52.0. The van der Waals surface area contributed by atoms with Crippen LogP contribution in [0, 0.1) is 11.8 Å². The molecule has 0 saturated carbocycles. The molecule has 2 aliphatic heterocycles. The average Bonchev–Trinajstić information content (AvgIpc) is 3.65. The average molecular weight is 638 g/mol. The van der Waals surface area contributed by atoms with E-state index in [1.54, 1.807) is 24.3 Å². The summed E-state index contributed by atoms with van der Waals surface area (Å²) in [6.45, 7) is 5.38. The van der Waals surface area contributed by atoms with Gasteiger partial charge in [-0.2, -0.15) is 4.31 Å². The van der Waals surface area contributed by atoms with E-state index < -0.39 is 34.3 Å². The van der Waals surface area contributed by atoms with Crippen molar-refractivity contribution in [3.8, 4) is 5.75 Å². The van der Waals surface area contributed by atoms with E-state index in [2.05, 4.69) is 5.32 Å². The van der Waals surface area contributed by atoms with Crippen molar-refractivity contribution < 1.29 is 32.2 Å². The molecule has 5 rings (SSSR count). The van der Waals surface area contributed by atoms with Gasteiger partial charge in [0.05, 0.1) is 30.1 Å². The zero-order chi connectivity index (χ0) is 31.8. The molecule has 3 N–H and O–H groups in total. The Bertz CT molecular complexity index is 1470. The van der Waals surface area contributed by atoms with Crippen molar-refractivity contribution in [1.29, 1.82) is 0 Å². The van der Waals surface area contributed by atoms with Crippen molar-refractivity contribution in [2.24, 2.45) is 17.6 Å². The lowest BCUT2D eigenvalue weighted by Crippen LogP contribution is -2.55. The monoisotopic (exact) mass is 637 g/mol. The number of carbonyl (C=O) groups excluding carboxylic acids is 1. The van der Waals surface area contributed by atoms with Crippen LogP contribution in [-0.2, 0) is 37.3 Å². The smallest absolute Gasteiger partial charge is 0.407 e. The summed E-state index contributed by atoms with van der Waals surface area (Å²) in [4.78, 5) is 13.3. The number of alkyl carbamates (subject to hydrolysis) is 1. The highest BCUT2D eigenvalue weighted by Gasteiger charge is 2.44. The molecule has 2 saturated heterocycles.